The average molecular weight is 183 g/mol. The molecular weight excluding hydrogens is 174 g/mol. The van der Waals surface area contributed by atoms with E-state index in [1.165, 1.54) is 18.1 Å². The van der Waals surface area contributed by atoms with Crippen molar-refractivity contribution in [1.29, 1.82) is 0 Å². The van der Waals surface area contributed by atoms with E-state index in [0.29, 0.717) is 18.7 Å². The van der Waals surface area contributed by atoms with Crippen molar-refractivity contribution in [1.82, 2.24) is 4.90 Å². The Kier molecular flexibility index (Phi) is 1.81. The van der Waals surface area contributed by atoms with Crippen molar-refractivity contribution < 1.29 is 19.1 Å². The summed E-state index contributed by atoms with van der Waals surface area (Å²) in [5.74, 6) is -0.461. The number of hydrogen-bond donors (Lipinski definition) is 0. The lowest BCUT2D eigenvalue weighted by atomic mass is 10.1. The Morgan fingerprint density at radius 1 is 1.77 bits per heavy atom. The molecule has 0 aliphatic carbocycles. The fourth-order valence-electron chi connectivity index (χ4n) is 1.42. The number of nitrogens with zero attached hydrogens (tertiary/aromatic N) is 1. The first-order valence-electron chi connectivity index (χ1n) is 3.94. The largest absolute Gasteiger partial charge is 0.466 e. The first-order valence-corrected chi connectivity index (χ1v) is 3.94. The second-order valence-corrected chi connectivity index (χ2v) is 2.89. The zero-order valence-corrected chi connectivity index (χ0v) is 7.15. The van der Waals surface area contributed by atoms with Crippen LogP contribution in [0.1, 0.15) is 6.42 Å². The Morgan fingerprint density at radius 3 is 3.15 bits per heavy atom. The third-order valence-corrected chi connectivity index (χ3v) is 2.12. The minimum absolute atomic E-state index is 0.00217. The van der Waals surface area contributed by atoms with E-state index >= 15 is 0 Å². The Hall–Kier alpha value is -1.36. The van der Waals surface area contributed by atoms with Crippen molar-refractivity contribution in [2.24, 2.45) is 0 Å². The lowest BCUT2D eigenvalue weighted by molar-refractivity contribution is -0.153. The zero-order chi connectivity index (χ0) is 9.42. The first-order chi connectivity index (χ1) is 6.22. The van der Waals surface area contributed by atoms with Crippen LogP contribution in [0.4, 0.5) is 0 Å². The first kappa shape index (κ1) is 8.25. The van der Waals surface area contributed by atoms with Crippen molar-refractivity contribution >= 4 is 11.9 Å². The van der Waals surface area contributed by atoms with Crippen LogP contribution in [-0.4, -0.2) is 36.7 Å². The molecule has 2 saturated heterocycles. The number of β-lactam (4-membered cyclic amide) rings is 1. The predicted octanol–water partition coefficient (Wildman–Crippen LogP) is -0.368. The van der Waals surface area contributed by atoms with Crippen LogP contribution < -0.4 is 0 Å². The minimum Gasteiger partial charge on any atom is -0.466 e. The number of carbonyl (C=O) groups is 2. The molecule has 0 N–H and O–H groups in total. The third-order valence-electron chi connectivity index (χ3n) is 2.12. The Balaban J connectivity index is 2.12. The summed E-state index contributed by atoms with van der Waals surface area (Å²) in [6, 6.07) is 0. The molecule has 1 unspecified atom stereocenters. The maximum Gasteiger partial charge on any atom is 0.332 e. The molecule has 2 rings (SSSR count). The molecule has 2 fully saturated rings. The van der Waals surface area contributed by atoms with Crippen molar-refractivity contribution in [3.05, 3.63) is 11.8 Å². The molecule has 2 heterocycles. The van der Waals surface area contributed by atoms with Crippen LogP contribution in [0, 0.1) is 0 Å². The lowest BCUT2D eigenvalue weighted by Gasteiger charge is -2.32. The van der Waals surface area contributed by atoms with Crippen molar-refractivity contribution in [3.63, 3.8) is 0 Å². The number of esters is 1. The Morgan fingerprint density at radius 2 is 2.54 bits per heavy atom. The summed E-state index contributed by atoms with van der Waals surface area (Å²) in [5.41, 5.74) is 0.591. The second-order valence-electron chi connectivity index (χ2n) is 2.89. The molecule has 0 saturated carbocycles. The van der Waals surface area contributed by atoms with E-state index < -0.39 is 5.97 Å². The molecule has 0 aromatic heterocycles. The zero-order valence-electron chi connectivity index (χ0n) is 7.15. The molecule has 1 amide bonds. The molecule has 5 nitrogen and oxygen atoms in total. The molecule has 0 radical (unpaired) electrons. The number of ether oxygens (including phenoxy) is 2. The number of methoxy groups -OCH3 is 1. The van der Waals surface area contributed by atoms with Crippen LogP contribution in [0.5, 0.6) is 0 Å². The fraction of sp³-hybridized carbons (Fsp3) is 0.500. The number of fused-ring (bicyclic) bond motifs is 1. The van der Waals surface area contributed by atoms with Crippen LogP contribution in [-0.2, 0) is 19.1 Å². The van der Waals surface area contributed by atoms with Crippen LogP contribution in [0.25, 0.3) is 0 Å². The van der Waals surface area contributed by atoms with E-state index in [4.69, 9.17) is 4.74 Å². The van der Waals surface area contributed by atoms with Gasteiger partial charge in [-0.3, -0.25) is 9.69 Å². The van der Waals surface area contributed by atoms with Gasteiger partial charge in [0.25, 0.3) is 0 Å². The maximum absolute atomic E-state index is 11.0. The maximum atomic E-state index is 11.0. The van der Waals surface area contributed by atoms with Gasteiger partial charge in [0.1, 0.15) is 6.23 Å². The highest BCUT2D eigenvalue weighted by atomic mass is 16.5. The summed E-state index contributed by atoms with van der Waals surface area (Å²) in [7, 11) is 1.30. The van der Waals surface area contributed by atoms with E-state index in [2.05, 4.69) is 4.74 Å². The third kappa shape index (κ3) is 1.21. The van der Waals surface area contributed by atoms with E-state index in [-0.39, 0.29) is 12.1 Å². The summed E-state index contributed by atoms with van der Waals surface area (Å²) in [5, 5.41) is 0. The molecular formula is C8H9NO4. The Labute approximate surface area is 74.9 Å². The molecule has 2 aliphatic heterocycles. The van der Waals surface area contributed by atoms with Gasteiger partial charge < -0.3 is 9.47 Å². The summed E-state index contributed by atoms with van der Waals surface area (Å²) >= 11 is 0. The summed E-state index contributed by atoms with van der Waals surface area (Å²) < 4.78 is 9.66. The standard InChI is InChI=1S/C8H9NO4/c1-12-8(11)2-5-4-13-7-3-6(10)9(5)7/h2,7H,3-4H2,1H3. The van der Waals surface area contributed by atoms with Gasteiger partial charge in [0, 0.05) is 6.08 Å². The van der Waals surface area contributed by atoms with Gasteiger partial charge >= 0.3 is 5.97 Å². The van der Waals surface area contributed by atoms with Gasteiger partial charge in [-0.2, -0.15) is 0 Å². The van der Waals surface area contributed by atoms with Crippen molar-refractivity contribution in [3.8, 4) is 0 Å². The lowest BCUT2D eigenvalue weighted by Crippen LogP contribution is -2.47. The summed E-state index contributed by atoms with van der Waals surface area (Å²) in [6.07, 6.45) is 1.55. The van der Waals surface area contributed by atoms with Crippen LogP contribution in [0.2, 0.25) is 0 Å². The summed E-state index contributed by atoms with van der Waals surface area (Å²) in [6.45, 7) is 0.311. The fourth-order valence-corrected chi connectivity index (χ4v) is 1.42. The molecule has 2 aliphatic rings. The molecule has 0 bridgehead atoms. The van der Waals surface area contributed by atoms with Crippen LogP contribution in [0.15, 0.2) is 11.8 Å². The topological polar surface area (TPSA) is 55.8 Å². The van der Waals surface area contributed by atoms with E-state index in [1.807, 2.05) is 0 Å². The Bertz CT molecular complexity index is 297. The highest BCUT2D eigenvalue weighted by Gasteiger charge is 2.44. The highest BCUT2D eigenvalue weighted by molar-refractivity contribution is 5.88. The van der Waals surface area contributed by atoms with Crippen LogP contribution in [0.3, 0.4) is 0 Å². The molecule has 13 heavy (non-hydrogen) atoms. The number of hydrogen-bond acceptors (Lipinski definition) is 4. The minimum atomic E-state index is -0.459. The van der Waals surface area contributed by atoms with Gasteiger partial charge in [-0.1, -0.05) is 0 Å². The second kappa shape index (κ2) is 2.85. The van der Waals surface area contributed by atoms with Gasteiger partial charge in [-0.25, -0.2) is 4.79 Å². The molecule has 0 aromatic carbocycles. The number of carbonyl (C=O) groups excluding carboxylic acids is 2. The highest BCUT2D eigenvalue weighted by Crippen LogP contribution is 2.31. The van der Waals surface area contributed by atoms with E-state index in [0.717, 1.165) is 0 Å². The number of amides is 1. The van der Waals surface area contributed by atoms with Gasteiger partial charge in [0.05, 0.1) is 25.8 Å². The molecule has 0 aromatic rings. The van der Waals surface area contributed by atoms with Crippen molar-refractivity contribution in [2.75, 3.05) is 13.7 Å². The van der Waals surface area contributed by atoms with Crippen molar-refractivity contribution in [2.45, 2.75) is 12.6 Å². The molecule has 1 atom stereocenters. The van der Waals surface area contributed by atoms with Gasteiger partial charge in [0.2, 0.25) is 5.91 Å². The molecule has 0 spiro atoms. The predicted molar refractivity (Wildman–Crippen MR) is 41.3 cm³/mol. The number of rotatable bonds is 1. The van der Waals surface area contributed by atoms with E-state index in [9.17, 15) is 9.59 Å². The smallest absolute Gasteiger partial charge is 0.332 e. The van der Waals surface area contributed by atoms with E-state index in [1.54, 1.807) is 0 Å². The quantitative estimate of drug-likeness (QED) is 0.316. The molecule has 70 valence electrons. The van der Waals surface area contributed by atoms with Crippen LogP contribution >= 0.6 is 0 Å². The molecule has 5 heteroatoms. The summed E-state index contributed by atoms with van der Waals surface area (Å²) in [4.78, 5) is 23.4. The SMILES string of the molecule is COC(=O)C=C1COC2CC(=O)N12. The monoisotopic (exact) mass is 183 g/mol. The average Bonchev–Trinajstić information content (AvgIpc) is 2.41. The van der Waals surface area contributed by atoms with Gasteiger partial charge in [-0.05, 0) is 0 Å². The van der Waals surface area contributed by atoms with Gasteiger partial charge in [0.15, 0.2) is 0 Å². The normalized spacial score (nSPS) is 28.7. The van der Waals surface area contributed by atoms with Gasteiger partial charge in [-0.15, -0.1) is 0 Å².